The first-order valence-electron chi connectivity index (χ1n) is 10.6. The SMILES string of the molecule is COCCN1CCC(C(=O)NO)(S(=O)(=O)c2ccc(OC(F)(F)F)cc2Oc2ccccc2)CC1.Cl. The van der Waals surface area contributed by atoms with Gasteiger partial charge in [0.1, 0.15) is 22.1 Å². The maximum atomic E-state index is 13.9. The van der Waals surface area contributed by atoms with Crippen LogP contribution in [-0.4, -0.2) is 68.9 Å². The second-order valence-electron chi connectivity index (χ2n) is 7.84. The molecule has 0 saturated carbocycles. The first-order valence-corrected chi connectivity index (χ1v) is 12.0. The molecule has 3 rings (SSSR count). The molecule has 2 N–H and O–H groups in total. The molecule has 14 heteroatoms. The number of hydroxylamine groups is 1. The Bertz CT molecular complexity index is 1130. The van der Waals surface area contributed by atoms with Crippen LogP contribution in [0.15, 0.2) is 53.4 Å². The van der Waals surface area contributed by atoms with Crippen LogP contribution in [0, 0.1) is 0 Å². The molecule has 1 heterocycles. The maximum absolute atomic E-state index is 13.9. The molecule has 0 radical (unpaired) electrons. The minimum absolute atomic E-state index is 0. The van der Waals surface area contributed by atoms with E-state index in [1.54, 1.807) is 18.2 Å². The number of benzene rings is 2. The number of carbonyl (C=O) groups excluding carboxylic acids is 1. The highest BCUT2D eigenvalue weighted by Gasteiger charge is 2.54. The zero-order chi connectivity index (χ0) is 25.7. The Morgan fingerprint density at radius 2 is 1.75 bits per heavy atom. The Balaban J connectivity index is 0.00000456. The lowest BCUT2D eigenvalue weighted by molar-refractivity contribution is -0.274. The van der Waals surface area contributed by atoms with Crippen molar-refractivity contribution in [1.82, 2.24) is 10.4 Å². The fourth-order valence-corrected chi connectivity index (χ4v) is 5.93. The minimum Gasteiger partial charge on any atom is -0.456 e. The van der Waals surface area contributed by atoms with Crippen molar-refractivity contribution in [1.29, 1.82) is 0 Å². The summed E-state index contributed by atoms with van der Waals surface area (Å²) in [7, 11) is -3.06. The molecule has 0 bridgehead atoms. The number of nitrogens with one attached hydrogen (secondary N) is 1. The molecule has 9 nitrogen and oxygen atoms in total. The predicted molar refractivity (Wildman–Crippen MR) is 124 cm³/mol. The Morgan fingerprint density at radius 3 is 2.31 bits per heavy atom. The van der Waals surface area contributed by atoms with E-state index in [0.29, 0.717) is 13.2 Å². The molecule has 0 aliphatic carbocycles. The van der Waals surface area contributed by atoms with Gasteiger partial charge < -0.3 is 19.1 Å². The molecule has 0 atom stereocenters. The Hall–Kier alpha value is -2.58. The summed E-state index contributed by atoms with van der Waals surface area (Å²) in [6, 6.07) is 10.4. The quantitative estimate of drug-likeness (QED) is 0.357. The summed E-state index contributed by atoms with van der Waals surface area (Å²) in [6.45, 7) is 1.33. The summed E-state index contributed by atoms with van der Waals surface area (Å²) >= 11 is 0. The molecule has 1 saturated heterocycles. The molecular formula is C22H26ClF3N2O7S. The molecular weight excluding hydrogens is 529 g/mol. The summed E-state index contributed by atoms with van der Waals surface area (Å²) in [5.74, 6) is -2.13. The molecule has 0 spiro atoms. The zero-order valence-corrected chi connectivity index (χ0v) is 20.8. The van der Waals surface area contributed by atoms with Gasteiger partial charge in [-0.15, -0.1) is 25.6 Å². The number of hydrogen-bond donors (Lipinski definition) is 2. The largest absolute Gasteiger partial charge is 0.573 e. The van der Waals surface area contributed by atoms with E-state index in [-0.39, 0.29) is 44.1 Å². The molecule has 36 heavy (non-hydrogen) atoms. The minimum atomic E-state index is -5.02. The van der Waals surface area contributed by atoms with E-state index in [1.807, 2.05) is 4.90 Å². The van der Waals surface area contributed by atoms with Crippen molar-refractivity contribution in [3.8, 4) is 17.2 Å². The van der Waals surface area contributed by atoms with Crippen LogP contribution in [0.1, 0.15) is 12.8 Å². The average Bonchev–Trinajstić information content (AvgIpc) is 2.82. The molecule has 1 amide bonds. The fraction of sp³-hybridized carbons (Fsp3) is 0.409. The van der Waals surface area contributed by atoms with E-state index < -0.39 is 43.2 Å². The van der Waals surface area contributed by atoms with Gasteiger partial charge >= 0.3 is 6.36 Å². The maximum Gasteiger partial charge on any atom is 0.573 e. The van der Waals surface area contributed by atoms with Crippen molar-refractivity contribution in [2.75, 3.05) is 33.4 Å². The molecule has 1 aliphatic rings. The predicted octanol–water partition coefficient (Wildman–Crippen LogP) is 3.56. The summed E-state index contributed by atoms with van der Waals surface area (Å²) in [5, 5.41) is 9.37. The van der Waals surface area contributed by atoms with Crippen molar-refractivity contribution in [3.05, 3.63) is 48.5 Å². The van der Waals surface area contributed by atoms with Crippen LogP contribution in [0.4, 0.5) is 13.2 Å². The molecule has 2 aromatic rings. The van der Waals surface area contributed by atoms with Crippen molar-refractivity contribution in [2.24, 2.45) is 0 Å². The van der Waals surface area contributed by atoms with E-state index in [9.17, 15) is 31.6 Å². The van der Waals surface area contributed by atoms with Gasteiger partial charge in [0.05, 0.1) is 6.61 Å². The highest BCUT2D eigenvalue weighted by Crippen LogP contribution is 2.42. The number of halogens is 4. The number of likely N-dealkylation sites (tertiary alicyclic amines) is 1. The van der Waals surface area contributed by atoms with Gasteiger partial charge in [-0.25, -0.2) is 13.9 Å². The fourth-order valence-electron chi connectivity index (χ4n) is 3.89. The van der Waals surface area contributed by atoms with Crippen molar-refractivity contribution in [2.45, 2.75) is 28.8 Å². The van der Waals surface area contributed by atoms with Crippen LogP contribution >= 0.6 is 12.4 Å². The second kappa shape index (κ2) is 12.1. The van der Waals surface area contributed by atoms with Crippen molar-refractivity contribution in [3.63, 3.8) is 0 Å². The highest BCUT2D eigenvalue weighted by atomic mass is 35.5. The van der Waals surface area contributed by atoms with E-state index in [1.165, 1.54) is 24.7 Å². The molecule has 0 unspecified atom stereocenters. The Kier molecular flexibility index (Phi) is 9.97. The standard InChI is InChI=1S/C22H25F3N2O7S.ClH/c1-32-14-13-27-11-9-21(10-12-27,20(28)26-29)35(30,31)19-8-7-17(34-22(23,24)25)15-18(19)33-16-5-3-2-4-6-16;/h2-8,15,29H,9-14H2,1H3,(H,26,28);1H. The summed E-state index contributed by atoms with van der Waals surface area (Å²) in [5.41, 5.74) is 1.45. The number of rotatable bonds is 9. The first kappa shape index (κ1) is 29.6. The van der Waals surface area contributed by atoms with Crippen molar-refractivity contribution < 1.29 is 45.8 Å². The molecule has 0 aromatic heterocycles. The first-order chi connectivity index (χ1) is 16.5. The van der Waals surface area contributed by atoms with Gasteiger partial charge in [-0.2, -0.15) is 0 Å². The second-order valence-corrected chi connectivity index (χ2v) is 10.1. The molecule has 1 fully saturated rings. The number of hydrogen-bond acceptors (Lipinski definition) is 8. The number of ether oxygens (including phenoxy) is 3. The number of alkyl halides is 3. The number of piperidine rings is 1. The van der Waals surface area contributed by atoms with Gasteiger partial charge in [0.2, 0.25) is 0 Å². The van der Waals surface area contributed by atoms with Crippen LogP contribution in [-0.2, 0) is 19.4 Å². The molecule has 1 aliphatic heterocycles. The summed E-state index contributed by atoms with van der Waals surface area (Å²) in [4.78, 5) is 14.2. The third-order valence-electron chi connectivity index (χ3n) is 5.71. The van der Waals surface area contributed by atoms with Crippen molar-refractivity contribution >= 4 is 28.2 Å². The number of carbonyl (C=O) groups is 1. The Morgan fingerprint density at radius 1 is 1.11 bits per heavy atom. The summed E-state index contributed by atoms with van der Waals surface area (Å²) in [6.07, 6.45) is -5.36. The van der Waals surface area contributed by atoms with Gasteiger partial charge in [0.15, 0.2) is 14.6 Å². The van der Waals surface area contributed by atoms with Crippen LogP contribution in [0.2, 0.25) is 0 Å². The zero-order valence-electron chi connectivity index (χ0n) is 19.2. The third-order valence-corrected chi connectivity index (χ3v) is 8.25. The smallest absolute Gasteiger partial charge is 0.456 e. The average molecular weight is 555 g/mol. The van der Waals surface area contributed by atoms with Gasteiger partial charge in [-0.05, 0) is 37.1 Å². The Labute approximate surface area is 212 Å². The van der Waals surface area contributed by atoms with Gasteiger partial charge in [-0.3, -0.25) is 10.0 Å². The number of nitrogens with zero attached hydrogens (tertiary/aromatic N) is 1. The topological polar surface area (TPSA) is 114 Å². The van der Waals surface area contributed by atoms with Gasteiger partial charge in [0, 0.05) is 32.8 Å². The lowest BCUT2D eigenvalue weighted by Gasteiger charge is -2.39. The van der Waals surface area contributed by atoms with E-state index >= 15 is 0 Å². The summed E-state index contributed by atoms with van der Waals surface area (Å²) < 4.78 is 78.6. The lowest BCUT2D eigenvalue weighted by atomic mass is 9.95. The molecule has 200 valence electrons. The van der Waals surface area contributed by atoms with Crippen LogP contribution < -0.4 is 15.0 Å². The van der Waals surface area contributed by atoms with E-state index in [4.69, 9.17) is 9.47 Å². The molecule has 2 aromatic carbocycles. The normalized spacial score (nSPS) is 16.0. The van der Waals surface area contributed by atoms with E-state index in [2.05, 4.69) is 4.74 Å². The third kappa shape index (κ3) is 6.59. The van der Waals surface area contributed by atoms with Gasteiger partial charge in [0.25, 0.3) is 5.91 Å². The number of sulfone groups is 1. The van der Waals surface area contributed by atoms with Gasteiger partial charge in [-0.1, -0.05) is 18.2 Å². The van der Waals surface area contributed by atoms with Crippen LogP contribution in [0.25, 0.3) is 0 Å². The number of para-hydroxylation sites is 1. The number of amides is 1. The van der Waals surface area contributed by atoms with Crippen LogP contribution in [0.5, 0.6) is 17.2 Å². The lowest BCUT2D eigenvalue weighted by Crippen LogP contribution is -2.58. The van der Waals surface area contributed by atoms with E-state index in [0.717, 1.165) is 18.2 Å². The monoisotopic (exact) mass is 554 g/mol. The van der Waals surface area contributed by atoms with Crippen LogP contribution in [0.3, 0.4) is 0 Å². The highest BCUT2D eigenvalue weighted by molar-refractivity contribution is 7.93. The number of methoxy groups -OCH3 is 1.